The molecule has 6 heteroatoms. The minimum atomic E-state index is -3.11. The van der Waals surface area contributed by atoms with Gasteiger partial charge in [0.25, 0.3) is 0 Å². The van der Waals surface area contributed by atoms with Gasteiger partial charge in [-0.3, -0.25) is 0 Å². The molecule has 1 rings (SSSR count). The van der Waals surface area contributed by atoms with Gasteiger partial charge in [-0.2, -0.15) is 0 Å². The van der Waals surface area contributed by atoms with Crippen LogP contribution in [0.4, 0.5) is 0 Å². The molecule has 15 heavy (non-hydrogen) atoms. The fourth-order valence-electron chi connectivity index (χ4n) is 1.83. The van der Waals surface area contributed by atoms with E-state index in [1.807, 2.05) is 0 Å². The largest absolute Gasteiger partial charge is 0.396 e. The second-order valence-corrected chi connectivity index (χ2v) is 6.35. The quantitative estimate of drug-likeness (QED) is 0.709. The van der Waals surface area contributed by atoms with E-state index in [1.165, 1.54) is 4.31 Å². The van der Waals surface area contributed by atoms with Gasteiger partial charge in [-0.1, -0.05) is 0 Å². The number of hydrogen-bond acceptors (Lipinski definition) is 3. The molecule has 0 aromatic carbocycles. The first-order chi connectivity index (χ1) is 7.10. The average molecular weight is 256 g/mol. The molecule has 1 unspecified atom stereocenters. The highest BCUT2D eigenvalue weighted by Gasteiger charge is 2.30. The van der Waals surface area contributed by atoms with Crippen LogP contribution in [0.2, 0.25) is 0 Å². The number of hydrogen-bond donors (Lipinski definition) is 1. The van der Waals surface area contributed by atoms with E-state index in [0.717, 1.165) is 6.42 Å². The molecule has 0 aliphatic carbocycles. The number of sulfonamides is 1. The van der Waals surface area contributed by atoms with E-state index in [2.05, 4.69) is 0 Å². The van der Waals surface area contributed by atoms with Crippen molar-refractivity contribution < 1.29 is 13.5 Å². The van der Waals surface area contributed by atoms with Gasteiger partial charge in [0.1, 0.15) is 0 Å². The Bertz CT molecular complexity index is 281. The summed E-state index contributed by atoms with van der Waals surface area (Å²) in [4.78, 5) is 0. The summed E-state index contributed by atoms with van der Waals surface area (Å²) in [5.74, 6) is 0.843. The van der Waals surface area contributed by atoms with E-state index in [1.54, 1.807) is 0 Å². The lowest BCUT2D eigenvalue weighted by atomic mass is 10.1. The molecule has 1 atom stereocenters. The van der Waals surface area contributed by atoms with Crippen molar-refractivity contribution in [1.82, 2.24) is 4.31 Å². The normalized spacial score (nSPS) is 23.5. The van der Waals surface area contributed by atoms with Gasteiger partial charge in [-0.25, -0.2) is 12.7 Å². The fraction of sp³-hybridized carbons (Fsp3) is 1.00. The van der Waals surface area contributed by atoms with E-state index >= 15 is 0 Å². The smallest absolute Gasteiger partial charge is 0.214 e. The van der Waals surface area contributed by atoms with E-state index in [0.29, 0.717) is 37.7 Å². The minimum Gasteiger partial charge on any atom is -0.396 e. The van der Waals surface area contributed by atoms with Gasteiger partial charge in [-0.05, 0) is 25.2 Å². The van der Waals surface area contributed by atoms with Crippen molar-refractivity contribution in [3.63, 3.8) is 0 Å². The summed E-state index contributed by atoms with van der Waals surface area (Å²) in [5, 5.41) is 8.77. The molecule has 0 radical (unpaired) electrons. The van der Waals surface area contributed by atoms with Gasteiger partial charge >= 0.3 is 0 Å². The van der Waals surface area contributed by atoms with Crippen LogP contribution in [0.15, 0.2) is 0 Å². The average Bonchev–Trinajstić information content (AvgIpc) is 2.65. The van der Waals surface area contributed by atoms with Crippen LogP contribution in [0.5, 0.6) is 0 Å². The van der Waals surface area contributed by atoms with Crippen molar-refractivity contribution in [3.8, 4) is 0 Å². The summed E-state index contributed by atoms with van der Waals surface area (Å²) in [7, 11) is -3.11. The Labute approximate surface area is 96.3 Å². The SMILES string of the molecule is O=S(=O)(CCCCl)N1CCC(CCO)C1. The Morgan fingerprint density at radius 2 is 2.20 bits per heavy atom. The number of nitrogens with zero attached hydrogens (tertiary/aromatic N) is 1. The molecule has 4 nitrogen and oxygen atoms in total. The molecule has 1 aliphatic heterocycles. The van der Waals surface area contributed by atoms with Crippen molar-refractivity contribution in [1.29, 1.82) is 0 Å². The number of rotatable bonds is 6. The molecule has 1 fully saturated rings. The van der Waals surface area contributed by atoms with Crippen LogP contribution in [0, 0.1) is 5.92 Å². The topological polar surface area (TPSA) is 57.6 Å². The second-order valence-electron chi connectivity index (χ2n) is 3.88. The molecule has 0 aromatic rings. The van der Waals surface area contributed by atoms with Crippen LogP contribution in [-0.4, -0.2) is 49.2 Å². The summed E-state index contributed by atoms with van der Waals surface area (Å²) < 4.78 is 25.0. The molecule has 90 valence electrons. The number of aliphatic hydroxyl groups excluding tert-OH is 1. The lowest BCUT2D eigenvalue weighted by Gasteiger charge is -2.15. The number of halogens is 1. The zero-order valence-corrected chi connectivity index (χ0v) is 10.3. The standard InChI is InChI=1S/C9H18ClNO3S/c10-4-1-7-15(13,14)11-5-2-9(8-11)3-6-12/h9,12H,1-8H2. The van der Waals surface area contributed by atoms with Gasteiger partial charge in [0.2, 0.25) is 10.0 Å². The lowest BCUT2D eigenvalue weighted by Crippen LogP contribution is -2.31. The summed E-state index contributed by atoms with van der Waals surface area (Å²) in [6.45, 7) is 1.29. The van der Waals surface area contributed by atoms with Crippen LogP contribution in [0.25, 0.3) is 0 Å². The molecule has 0 saturated carbocycles. The molecule has 0 aromatic heterocycles. The van der Waals surface area contributed by atoms with Crippen molar-refractivity contribution in [3.05, 3.63) is 0 Å². The van der Waals surface area contributed by atoms with Crippen LogP contribution in [0.3, 0.4) is 0 Å². The first-order valence-electron chi connectivity index (χ1n) is 5.25. The van der Waals surface area contributed by atoms with Crippen LogP contribution >= 0.6 is 11.6 Å². The summed E-state index contributed by atoms with van der Waals surface area (Å²) in [6, 6.07) is 0. The maximum atomic E-state index is 11.7. The van der Waals surface area contributed by atoms with Crippen LogP contribution in [-0.2, 0) is 10.0 Å². The Balaban J connectivity index is 2.45. The maximum absolute atomic E-state index is 11.7. The molecule has 1 heterocycles. The predicted molar refractivity (Wildman–Crippen MR) is 60.5 cm³/mol. The molecule has 0 amide bonds. The van der Waals surface area contributed by atoms with Gasteiger partial charge in [0.05, 0.1) is 5.75 Å². The van der Waals surface area contributed by atoms with Crippen molar-refractivity contribution in [2.75, 3.05) is 31.3 Å². The van der Waals surface area contributed by atoms with Gasteiger partial charge in [0.15, 0.2) is 0 Å². The van der Waals surface area contributed by atoms with E-state index in [4.69, 9.17) is 16.7 Å². The molecule has 0 bridgehead atoms. The first-order valence-corrected chi connectivity index (χ1v) is 7.39. The van der Waals surface area contributed by atoms with Gasteiger partial charge in [0, 0.05) is 25.6 Å². The third-order valence-electron chi connectivity index (χ3n) is 2.72. The summed E-state index contributed by atoms with van der Waals surface area (Å²) in [5.41, 5.74) is 0. The Kier molecular flexibility index (Phi) is 5.32. The third kappa shape index (κ3) is 3.90. The summed E-state index contributed by atoms with van der Waals surface area (Å²) in [6.07, 6.45) is 2.06. The molecule has 0 spiro atoms. The van der Waals surface area contributed by atoms with Gasteiger partial charge < -0.3 is 5.11 Å². The highest BCUT2D eigenvalue weighted by molar-refractivity contribution is 7.89. The van der Waals surface area contributed by atoms with Crippen molar-refractivity contribution in [2.24, 2.45) is 5.92 Å². The van der Waals surface area contributed by atoms with Crippen molar-refractivity contribution in [2.45, 2.75) is 19.3 Å². The predicted octanol–water partition coefficient (Wildman–Crippen LogP) is 0.649. The Morgan fingerprint density at radius 3 is 2.80 bits per heavy atom. The second kappa shape index (κ2) is 6.03. The molecule has 1 saturated heterocycles. The minimum absolute atomic E-state index is 0.139. The lowest BCUT2D eigenvalue weighted by molar-refractivity contribution is 0.259. The highest BCUT2D eigenvalue weighted by atomic mass is 35.5. The van der Waals surface area contributed by atoms with E-state index in [9.17, 15) is 8.42 Å². The first kappa shape index (κ1) is 13.2. The molecule has 1 N–H and O–H groups in total. The molecular formula is C9H18ClNO3S. The summed E-state index contributed by atoms with van der Waals surface area (Å²) >= 11 is 5.48. The number of aliphatic hydroxyl groups is 1. The van der Waals surface area contributed by atoms with Crippen molar-refractivity contribution >= 4 is 21.6 Å². The van der Waals surface area contributed by atoms with Crippen LogP contribution < -0.4 is 0 Å². The molecular weight excluding hydrogens is 238 g/mol. The fourth-order valence-corrected chi connectivity index (χ4v) is 3.71. The zero-order valence-electron chi connectivity index (χ0n) is 8.73. The Hall–Kier alpha value is 0.160. The van der Waals surface area contributed by atoms with E-state index in [-0.39, 0.29) is 12.4 Å². The molecule has 1 aliphatic rings. The van der Waals surface area contributed by atoms with Gasteiger partial charge in [-0.15, -0.1) is 11.6 Å². The number of alkyl halides is 1. The third-order valence-corrected chi connectivity index (χ3v) is 4.91. The monoisotopic (exact) mass is 255 g/mol. The maximum Gasteiger partial charge on any atom is 0.214 e. The van der Waals surface area contributed by atoms with E-state index < -0.39 is 10.0 Å². The Morgan fingerprint density at radius 1 is 1.47 bits per heavy atom. The highest BCUT2D eigenvalue weighted by Crippen LogP contribution is 2.22. The van der Waals surface area contributed by atoms with Crippen LogP contribution in [0.1, 0.15) is 19.3 Å². The zero-order chi connectivity index (χ0) is 11.3.